The van der Waals surface area contributed by atoms with Crippen molar-refractivity contribution in [2.45, 2.75) is 72.2 Å². The lowest BCUT2D eigenvalue weighted by molar-refractivity contribution is -0.118. The van der Waals surface area contributed by atoms with E-state index >= 15 is 0 Å². The first-order chi connectivity index (χ1) is 24.4. The fourth-order valence-corrected chi connectivity index (χ4v) is 11.5. The molecule has 3 unspecified atom stereocenters. The standard InChI is InChI=1S/C42H50N3O6P/c1-9-41-22-40(7)21-31-23(3)20-30(27-16-18-28(19-17-27)39(52(8,50)51-10-2)45-29-14-12-11-13-15-29)36(46)33(31)37(47)34(40)25(5)42(41,49)24(4)32(38(44)48)35(43)26(41)6/h11-20,26,39,45-46,49H,4,9-10,21-22,43H2,1-3,5-8H3,(H2,44,48)/t26?,39?,40-,41-,42+,52?/m0/s1. The van der Waals surface area contributed by atoms with Gasteiger partial charge in [0.2, 0.25) is 7.37 Å². The van der Waals surface area contributed by atoms with Crippen LogP contribution in [-0.4, -0.2) is 40.8 Å². The number of hydrogen-bond acceptors (Lipinski definition) is 8. The molecule has 10 heteroatoms. The SMILES string of the molecule is C=C1C(C(N)=O)=C(N)C(C)[C@]2(CC)C[C@]3(C)Cc4c(C)cc(-c5ccc(C(Nc6ccccc6)P(C)(=O)OCC)cc5)c(O)c4C(=O)C3=C(C)[C@]12O. The van der Waals surface area contributed by atoms with Gasteiger partial charge in [0.15, 0.2) is 5.78 Å². The monoisotopic (exact) mass is 723 g/mol. The number of nitrogens with one attached hydrogen (secondary N) is 1. The van der Waals surface area contributed by atoms with Crippen LogP contribution in [0, 0.1) is 23.7 Å². The molecule has 0 spiro atoms. The summed E-state index contributed by atoms with van der Waals surface area (Å²) in [4.78, 5) is 27.5. The number of nitrogens with two attached hydrogens (primary N) is 2. The molecule has 6 atom stereocenters. The first kappa shape index (κ1) is 37.3. The Kier molecular flexibility index (Phi) is 9.26. The lowest BCUT2D eigenvalue weighted by Crippen LogP contribution is -2.64. The van der Waals surface area contributed by atoms with Gasteiger partial charge in [0, 0.05) is 45.9 Å². The van der Waals surface area contributed by atoms with Crippen molar-refractivity contribution in [1.82, 2.24) is 0 Å². The molecule has 3 aromatic rings. The van der Waals surface area contributed by atoms with E-state index in [9.17, 15) is 24.4 Å². The molecule has 0 bridgehead atoms. The Morgan fingerprint density at radius 3 is 2.35 bits per heavy atom. The van der Waals surface area contributed by atoms with Crippen molar-refractivity contribution in [2.75, 3.05) is 18.6 Å². The van der Waals surface area contributed by atoms with Crippen LogP contribution in [-0.2, 0) is 20.3 Å². The number of aromatic hydroxyl groups is 1. The Balaban J connectivity index is 1.46. The zero-order valence-corrected chi connectivity index (χ0v) is 32.0. The van der Waals surface area contributed by atoms with Crippen LogP contribution in [0.4, 0.5) is 5.69 Å². The number of Topliss-reactive ketones (excluding diaryl/α,β-unsaturated/α-hetero) is 1. The number of phenols is 1. The van der Waals surface area contributed by atoms with Gasteiger partial charge in [0.25, 0.3) is 5.91 Å². The molecule has 1 amide bonds. The number of amides is 1. The summed E-state index contributed by atoms with van der Waals surface area (Å²) < 4.78 is 19.5. The van der Waals surface area contributed by atoms with Crippen LogP contribution in [0.1, 0.15) is 80.3 Å². The van der Waals surface area contributed by atoms with Crippen molar-refractivity contribution in [1.29, 1.82) is 0 Å². The van der Waals surface area contributed by atoms with Crippen LogP contribution in [0.25, 0.3) is 11.1 Å². The van der Waals surface area contributed by atoms with Gasteiger partial charge in [-0.05, 0) is 91.6 Å². The zero-order valence-electron chi connectivity index (χ0n) is 31.1. The molecule has 0 saturated carbocycles. The number of ketones is 1. The first-order valence-corrected chi connectivity index (χ1v) is 20.0. The van der Waals surface area contributed by atoms with Gasteiger partial charge in [0.05, 0.1) is 17.7 Å². The van der Waals surface area contributed by atoms with E-state index in [0.29, 0.717) is 53.8 Å². The quantitative estimate of drug-likeness (QED) is 0.139. The number of fused-ring (bicyclic) bond motifs is 3. The summed E-state index contributed by atoms with van der Waals surface area (Å²) in [6.07, 6.45) is 1.37. The molecular formula is C42H50N3O6P. The van der Waals surface area contributed by atoms with Gasteiger partial charge in [-0.1, -0.05) is 69.8 Å². The molecule has 3 aliphatic rings. The Hall–Kier alpha value is -4.43. The van der Waals surface area contributed by atoms with E-state index in [-0.39, 0.29) is 28.2 Å². The number of hydrogen-bond donors (Lipinski definition) is 5. The molecule has 0 radical (unpaired) electrons. The molecule has 0 aromatic heterocycles. The molecule has 52 heavy (non-hydrogen) atoms. The molecule has 0 heterocycles. The molecular weight excluding hydrogens is 673 g/mol. The highest BCUT2D eigenvalue weighted by molar-refractivity contribution is 7.58. The van der Waals surface area contributed by atoms with Crippen molar-refractivity contribution in [2.24, 2.45) is 28.2 Å². The topological polar surface area (TPSA) is 165 Å². The van der Waals surface area contributed by atoms with Gasteiger partial charge in [-0.15, -0.1) is 0 Å². The van der Waals surface area contributed by atoms with E-state index in [4.69, 9.17) is 16.0 Å². The third kappa shape index (κ3) is 5.31. The van der Waals surface area contributed by atoms with E-state index in [1.165, 1.54) is 0 Å². The number of para-hydroxylation sites is 1. The average molecular weight is 724 g/mol. The van der Waals surface area contributed by atoms with Crippen LogP contribution in [0.3, 0.4) is 0 Å². The number of rotatable bonds is 9. The number of carbonyl (C=O) groups is 2. The number of phenolic OH excluding ortho intramolecular Hbond substituents is 1. The second kappa shape index (κ2) is 12.9. The van der Waals surface area contributed by atoms with Crippen molar-refractivity contribution in [3.63, 3.8) is 0 Å². The molecule has 9 nitrogen and oxygen atoms in total. The van der Waals surface area contributed by atoms with E-state index in [1.807, 2.05) is 95.3 Å². The maximum atomic E-state index is 14.8. The largest absolute Gasteiger partial charge is 0.507 e. The molecule has 3 aromatic carbocycles. The Labute approximate surface area is 306 Å². The van der Waals surface area contributed by atoms with Gasteiger partial charge < -0.3 is 31.5 Å². The summed E-state index contributed by atoms with van der Waals surface area (Å²) >= 11 is 0. The van der Waals surface area contributed by atoms with Crippen LogP contribution in [0.2, 0.25) is 0 Å². The third-order valence-corrected chi connectivity index (χ3v) is 14.4. The van der Waals surface area contributed by atoms with Gasteiger partial charge in [-0.3, -0.25) is 14.2 Å². The summed E-state index contributed by atoms with van der Waals surface area (Å²) in [6.45, 7) is 17.5. The summed E-state index contributed by atoms with van der Waals surface area (Å²) in [5, 5.41) is 28.2. The maximum Gasteiger partial charge on any atom is 0.250 e. The van der Waals surface area contributed by atoms with E-state index < -0.39 is 41.4 Å². The first-order valence-electron chi connectivity index (χ1n) is 17.9. The van der Waals surface area contributed by atoms with Gasteiger partial charge >= 0.3 is 0 Å². The zero-order chi connectivity index (χ0) is 38.1. The predicted molar refractivity (Wildman–Crippen MR) is 206 cm³/mol. The minimum Gasteiger partial charge on any atom is -0.507 e. The summed E-state index contributed by atoms with van der Waals surface area (Å²) in [6, 6.07) is 18.8. The molecule has 3 aliphatic carbocycles. The molecule has 274 valence electrons. The number of carbonyl (C=O) groups excluding carboxylic acids is 2. The fraction of sp³-hybridized carbons (Fsp3) is 0.381. The number of aryl methyl sites for hydroxylation is 1. The second-order valence-electron chi connectivity index (χ2n) is 15.2. The minimum absolute atomic E-state index is 0.0117. The van der Waals surface area contributed by atoms with Crippen molar-refractivity contribution < 1.29 is 28.9 Å². The van der Waals surface area contributed by atoms with Crippen LogP contribution >= 0.6 is 7.37 Å². The third-order valence-electron chi connectivity index (χ3n) is 12.3. The number of allylic oxidation sites excluding steroid dienone is 2. The number of aliphatic hydroxyl groups is 1. The van der Waals surface area contributed by atoms with Gasteiger partial charge in [0.1, 0.15) is 17.1 Å². The molecule has 0 fully saturated rings. The van der Waals surface area contributed by atoms with Crippen molar-refractivity contribution in [3.8, 4) is 16.9 Å². The normalized spacial score (nSPS) is 27.3. The van der Waals surface area contributed by atoms with E-state index in [2.05, 4.69) is 11.9 Å². The highest BCUT2D eigenvalue weighted by atomic mass is 31.2. The summed E-state index contributed by atoms with van der Waals surface area (Å²) in [5.74, 6) is -2.34. The Morgan fingerprint density at radius 1 is 1.13 bits per heavy atom. The average Bonchev–Trinajstić information content (AvgIpc) is 3.09. The maximum absolute atomic E-state index is 14.8. The smallest absolute Gasteiger partial charge is 0.250 e. The van der Waals surface area contributed by atoms with Gasteiger partial charge in [-0.2, -0.15) is 0 Å². The van der Waals surface area contributed by atoms with Crippen molar-refractivity contribution >= 4 is 24.7 Å². The Morgan fingerprint density at radius 2 is 1.77 bits per heavy atom. The van der Waals surface area contributed by atoms with E-state index in [1.54, 1.807) is 13.6 Å². The lowest BCUT2D eigenvalue weighted by Gasteiger charge is -2.62. The lowest BCUT2D eigenvalue weighted by atomic mass is 9.42. The molecule has 7 N–H and O–H groups in total. The van der Waals surface area contributed by atoms with Crippen LogP contribution in [0.5, 0.6) is 5.75 Å². The van der Waals surface area contributed by atoms with Crippen molar-refractivity contribution in [3.05, 3.63) is 117 Å². The predicted octanol–water partition coefficient (Wildman–Crippen LogP) is 7.92. The number of primary amides is 1. The number of anilines is 1. The Bertz CT molecular complexity index is 2120. The van der Waals surface area contributed by atoms with Gasteiger partial charge in [-0.25, -0.2) is 0 Å². The minimum atomic E-state index is -3.16. The fourth-order valence-electron chi connectivity index (χ4n) is 9.75. The molecule has 6 rings (SSSR count). The van der Waals surface area contributed by atoms with Crippen LogP contribution in [0.15, 0.2) is 95.2 Å². The summed E-state index contributed by atoms with van der Waals surface area (Å²) in [7, 11) is -3.16. The number of benzene rings is 3. The second-order valence-corrected chi connectivity index (χ2v) is 17.8. The summed E-state index contributed by atoms with van der Waals surface area (Å²) in [5.41, 5.74) is 14.8. The molecule has 0 saturated heterocycles. The highest BCUT2D eigenvalue weighted by Gasteiger charge is 2.66. The highest BCUT2D eigenvalue weighted by Crippen LogP contribution is 2.67. The molecule has 0 aliphatic heterocycles. The van der Waals surface area contributed by atoms with E-state index in [0.717, 1.165) is 22.4 Å². The van der Waals surface area contributed by atoms with Crippen LogP contribution < -0.4 is 16.8 Å².